The van der Waals surface area contributed by atoms with Crippen molar-refractivity contribution in [2.45, 2.75) is 122 Å². The average Bonchev–Trinajstić information content (AvgIpc) is 3.06. The van der Waals surface area contributed by atoms with Crippen molar-refractivity contribution in [2.24, 2.45) is 0 Å². The van der Waals surface area contributed by atoms with E-state index in [1.165, 1.54) is 17.5 Å². The molecule has 0 saturated carbocycles. The molecule has 6 heteroatoms. The van der Waals surface area contributed by atoms with E-state index in [4.69, 9.17) is 13.6 Å². The SMILES string of the molecule is CC[C@H](/C=C/C=C\C/C=C\C/C=C\C=C\[C@H](CCCC(=O)OC)O[Si](C)(C)C(C)(C)C)O[Si](c1ccccc1)(c1ccccc1)C(C)(C)C. The average molecular weight is 701 g/mol. The van der Waals surface area contributed by atoms with E-state index in [1.807, 2.05) is 0 Å². The number of benzene rings is 2. The van der Waals surface area contributed by atoms with Crippen LogP contribution in [-0.2, 0) is 18.4 Å². The van der Waals surface area contributed by atoms with Gasteiger partial charge in [0.05, 0.1) is 19.3 Å². The van der Waals surface area contributed by atoms with E-state index in [9.17, 15) is 4.79 Å². The minimum atomic E-state index is -2.59. The second-order valence-electron chi connectivity index (χ2n) is 15.2. The summed E-state index contributed by atoms with van der Waals surface area (Å²) in [6.07, 6.45) is 26.1. The van der Waals surface area contributed by atoms with E-state index in [2.05, 4.69) is 183 Å². The van der Waals surface area contributed by atoms with Crippen LogP contribution in [0.4, 0.5) is 0 Å². The van der Waals surface area contributed by atoms with Crippen molar-refractivity contribution >= 4 is 33.0 Å². The number of methoxy groups -OCH3 is 1. The molecule has 0 radical (unpaired) electrons. The lowest BCUT2D eigenvalue weighted by atomic mass is 10.1. The van der Waals surface area contributed by atoms with Gasteiger partial charge in [-0.15, -0.1) is 0 Å². The molecule has 0 N–H and O–H groups in total. The molecular weight excluding hydrogens is 637 g/mol. The van der Waals surface area contributed by atoms with Crippen LogP contribution in [0.5, 0.6) is 0 Å². The Bertz CT molecular complexity index is 1340. The Labute approximate surface area is 301 Å². The third-order valence-corrected chi connectivity index (χ3v) is 18.9. The van der Waals surface area contributed by atoms with Gasteiger partial charge in [0.25, 0.3) is 8.32 Å². The molecule has 0 fully saturated rings. The number of allylic oxidation sites excluding steroid dienone is 8. The number of carbonyl (C=O) groups excluding carboxylic acids is 1. The highest BCUT2D eigenvalue weighted by molar-refractivity contribution is 6.99. The summed E-state index contributed by atoms with van der Waals surface area (Å²) in [6, 6.07) is 21.7. The zero-order valence-corrected chi connectivity index (χ0v) is 34.1. The lowest BCUT2D eigenvalue weighted by Crippen LogP contribution is -2.67. The standard InChI is InChI=1S/C43H64O4Si2/c1-11-37(47-49(43(5,6)7,39-32-24-20-25-33-39)40-34-26-21-27-35-40)29-22-18-16-14-12-13-15-17-19-23-30-38(31-28-36-41(44)45-8)46-48(9,10)42(2,3)4/h12-13,16-27,29-30,32-35,37-38H,11,14-15,28,31,36H2,1-10H3/b13-12-,18-16-,19-17-,29-22+,30-23+/t37-,38-/m1/s1. The second-order valence-corrected chi connectivity index (χ2v) is 24.2. The van der Waals surface area contributed by atoms with E-state index < -0.39 is 16.6 Å². The number of esters is 1. The predicted molar refractivity (Wildman–Crippen MR) is 216 cm³/mol. The summed E-state index contributed by atoms with van der Waals surface area (Å²) in [7, 11) is -3.08. The van der Waals surface area contributed by atoms with Crippen molar-refractivity contribution in [3.05, 3.63) is 121 Å². The largest absolute Gasteiger partial charge is 0.469 e. The Morgan fingerprint density at radius 2 is 1.18 bits per heavy atom. The van der Waals surface area contributed by atoms with Gasteiger partial charge in [-0.25, -0.2) is 0 Å². The van der Waals surface area contributed by atoms with Crippen molar-refractivity contribution < 1.29 is 18.4 Å². The maximum absolute atomic E-state index is 11.6. The van der Waals surface area contributed by atoms with Gasteiger partial charge < -0.3 is 13.6 Å². The normalized spacial score (nSPS) is 14.9. The zero-order chi connectivity index (χ0) is 36.4. The van der Waals surface area contributed by atoms with E-state index in [0.717, 1.165) is 32.1 Å². The number of rotatable bonds is 19. The molecule has 0 aromatic heterocycles. The monoisotopic (exact) mass is 700 g/mol. The third kappa shape index (κ3) is 13.7. The highest BCUT2D eigenvalue weighted by Crippen LogP contribution is 2.39. The van der Waals surface area contributed by atoms with Gasteiger partial charge in [-0.2, -0.15) is 0 Å². The van der Waals surface area contributed by atoms with Gasteiger partial charge in [0.2, 0.25) is 0 Å². The van der Waals surface area contributed by atoms with E-state index in [0.29, 0.717) is 6.42 Å². The molecule has 2 aromatic carbocycles. The summed E-state index contributed by atoms with van der Waals surface area (Å²) in [5.41, 5.74) is 0. The minimum absolute atomic E-state index is 0.00876. The summed E-state index contributed by atoms with van der Waals surface area (Å²) in [6.45, 7) is 20.5. The third-order valence-electron chi connectivity index (χ3n) is 9.35. The minimum Gasteiger partial charge on any atom is -0.469 e. The highest BCUT2D eigenvalue weighted by atomic mass is 28.4. The van der Waals surface area contributed by atoms with Crippen molar-refractivity contribution in [1.29, 1.82) is 0 Å². The first-order chi connectivity index (χ1) is 23.2. The van der Waals surface area contributed by atoms with Crippen LogP contribution >= 0.6 is 0 Å². The number of carbonyl (C=O) groups is 1. The topological polar surface area (TPSA) is 44.8 Å². The van der Waals surface area contributed by atoms with Crippen LogP contribution in [0.15, 0.2) is 121 Å². The molecule has 268 valence electrons. The molecule has 0 aliphatic heterocycles. The maximum Gasteiger partial charge on any atom is 0.305 e. The maximum atomic E-state index is 11.6. The van der Waals surface area contributed by atoms with Crippen LogP contribution in [-0.4, -0.2) is 41.9 Å². The molecule has 0 spiro atoms. The lowest BCUT2D eigenvalue weighted by Gasteiger charge is -2.44. The number of hydrogen-bond acceptors (Lipinski definition) is 4. The molecular formula is C43H64O4Si2. The molecule has 4 nitrogen and oxygen atoms in total. The fraction of sp³-hybridized carbons (Fsp3) is 0.465. The summed E-state index contributed by atoms with van der Waals surface area (Å²) in [5, 5.41) is 2.69. The van der Waals surface area contributed by atoms with Crippen LogP contribution in [0.25, 0.3) is 0 Å². The summed E-state index contributed by atoms with van der Waals surface area (Å²) in [5.74, 6) is -0.168. The fourth-order valence-corrected chi connectivity index (χ4v) is 11.5. The van der Waals surface area contributed by atoms with Crippen molar-refractivity contribution in [2.75, 3.05) is 7.11 Å². The van der Waals surface area contributed by atoms with Gasteiger partial charge in [-0.1, -0.05) is 170 Å². The fourth-order valence-electron chi connectivity index (χ4n) is 5.52. The first-order valence-corrected chi connectivity index (χ1v) is 22.8. The molecule has 2 atom stereocenters. The predicted octanol–water partition coefficient (Wildman–Crippen LogP) is 10.6. The molecule has 0 saturated heterocycles. The summed E-state index contributed by atoms with van der Waals surface area (Å²) < 4.78 is 18.7. The Balaban J connectivity index is 1.97. The molecule has 2 rings (SSSR count). The van der Waals surface area contributed by atoms with E-state index in [1.54, 1.807) is 0 Å². The van der Waals surface area contributed by atoms with Crippen LogP contribution in [0, 0.1) is 0 Å². The molecule has 0 heterocycles. The van der Waals surface area contributed by atoms with Crippen molar-refractivity contribution in [1.82, 2.24) is 0 Å². The number of hydrogen-bond donors (Lipinski definition) is 0. The zero-order valence-electron chi connectivity index (χ0n) is 32.1. The van der Waals surface area contributed by atoms with Gasteiger partial charge in [-0.05, 0) is 65.6 Å². The van der Waals surface area contributed by atoms with E-state index in [-0.39, 0.29) is 28.3 Å². The van der Waals surface area contributed by atoms with Crippen LogP contribution < -0.4 is 10.4 Å². The smallest absolute Gasteiger partial charge is 0.305 e. The first kappa shape index (κ1) is 42.1. The Morgan fingerprint density at radius 3 is 1.61 bits per heavy atom. The number of ether oxygens (including phenoxy) is 1. The molecule has 49 heavy (non-hydrogen) atoms. The lowest BCUT2D eigenvalue weighted by molar-refractivity contribution is -0.140. The molecule has 0 aliphatic carbocycles. The summed E-state index contributed by atoms with van der Waals surface area (Å²) in [4.78, 5) is 11.6. The highest BCUT2D eigenvalue weighted by Gasteiger charge is 2.51. The van der Waals surface area contributed by atoms with Crippen LogP contribution in [0.3, 0.4) is 0 Å². The van der Waals surface area contributed by atoms with Gasteiger partial charge >= 0.3 is 5.97 Å². The van der Waals surface area contributed by atoms with Gasteiger partial charge in [0, 0.05) is 6.42 Å². The molecule has 0 unspecified atom stereocenters. The Morgan fingerprint density at radius 1 is 0.694 bits per heavy atom. The van der Waals surface area contributed by atoms with Crippen LogP contribution in [0.2, 0.25) is 23.2 Å². The van der Waals surface area contributed by atoms with Crippen molar-refractivity contribution in [3.63, 3.8) is 0 Å². The molecule has 0 amide bonds. The summed E-state index contributed by atoms with van der Waals surface area (Å²) >= 11 is 0. The Kier molecular flexibility index (Phi) is 17.7. The van der Waals surface area contributed by atoms with Gasteiger partial charge in [-0.3, -0.25) is 4.79 Å². The quantitative estimate of drug-likeness (QED) is 0.0633. The molecule has 2 aromatic rings. The van der Waals surface area contributed by atoms with Gasteiger partial charge in [0.1, 0.15) is 0 Å². The molecule has 0 bridgehead atoms. The van der Waals surface area contributed by atoms with Crippen LogP contribution in [0.1, 0.15) is 87.0 Å². The Hall–Kier alpha value is -3.04. The first-order valence-electron chi connectivity index (χ1n) is 18.0. The van der Waals surface area contributed by atoms with E-state index >= 15 is 0 Å². The molecule has 0 aliphatic rings. The van der Waals surface area contributed by atoms with Gasteiger partial charge in [0.15, 0.2) is 8.32 Å². The van der Waals surface area contributed by atoms with Crippen molar-refractivity contribution in [3.8, 4) is 0 Å². The second kappa shape index (κ2) is 20.6.